The van der Waals surface area contributed by atoms with E-state index in [1.807, 2.05) is 6.92 Å². The summed E-state index contributed by atoms with van der Waals surface area (Å²) >= 11 is 0.796. The van der Waals surface area contributed by atoms with Crippen LogP contribution in [-0.2, 0) is 19.6 Å². The van der Waals surface area contributed by atoms with Crippen LogP contribution in [0.4, 0.5) is 25.4 Å². The number of rotatable bonds is 13. The number of carbonyl (C=O) groups excluding carboxylic acids is 2. The minimum atomic E-state index is -3.94. The molecule has 0 radical (unpaired) electrons. The van der Waals surface area contributed by atoms with Gasteiger partial charge in [0.15, 0.2) is 5.13 Å². The number of ketones is 1. The molecule has 1 unspecified atom stereocenters. The standard InChI is InChI=1S/C24H27F2N5O5S2/c1-3-4-12-36-23(33)18(28-2)13-29-38(34,35)15-10-8-14(9-11-15)30-24-31-22(27)21(37-24)20(32)19-16(25)6-5-7-17(19)26/h5-11,18,28-29H,3-4,12-13,27H2,1-2H3,(H,30,31). The Morgan fingerprint density at radius 3 is 2.39 bits per heavy atom. The molecule has 5 N–H and O–H groups in total. The molecular weight excluding hydrogens is 540 g/mol. The lowest BCUT2D eigenvalue weighted by Crippen LogP contribution is -2.45. The molecule has 0 aliphatic carbocycles. The zero-order valence-corrected chi connectivity index (χ0v) is 22.2. The number of nitrogens with one attached hydrogen (secondary N) is 3. The van der Waals surface area contributed by atoms with Crippen LogP contribution in [0.2, 0.25) is 0 Å². The number of thiazole rings is 1. The van der Waals surface area contributed by atoms with Crippen molar-refractivity contribution in [3.63, 3.8) is 0 Å². The second-order valence-electron chi connectivity index (χ2n) is 8.02. The minimum Gasteiger partial charge on any atom is -0.464 e. The predicted molar refractivity (Wildman–Crippen MR) is 140 cm³/mol. The normalized spacial score (nSPS) is 12.2. The lowest BCUT2D eigenvalue weighted by atomic mass is 10.1. The van der Waals surface area contributed by atoms with Gasteiger partial charge in [0.25, 0.3) is 0 Å². The molecule has 0 bridgehead atoms. The molecule has 0 fully saturated rings. The van der Waals surface area contributed by atoms with E-state index in [0.29, 0.717) is 12.1 Å². The van der Waals surface area contributed by atoms with E-state index < -0.39 is 45.0 Å². The molecule has 0 spiro atoms. The Morgan fingerprint density at radius 1 is 1.13 bits per heavy atom. The van der Waals surface area contributed by atoms with E-state index in [-0.39, 0.29) is 33.9 Å². The molecule has 204 valence electrons. The molecule has 2 aromatic carbocycles. The zero-order chi connectivity index (χ0) is 27.9. The molecule has 3 aromatic rings. The van der Waals surface area contributed by atoms with Gasteiger partial charge in [0.05, 0.1) is 17.1 Å². The number of hydrogen-bond donors (Lipinski definition) is 4. The number of benzene rings is 2. The van der Waals surface area contributed by atoms with Crippen LogP contribution in [-0.4, -0.2) is 51.4 Å². The molecular formula is C24H27F2N5O5S2. The SMILES string of the molecule is CCCCOC(=O)C(CNS(=O)(=O)c1ccc(Nc2nc(N)c(C(=O)c3c(F)cccc3F)s2)cc1)NC. The number of likely N-dealkylation sites (N-methyl/N-ethyl adjacent to an activating group) is 1. The maximum Gasteiger partial charge on any atom is 0.324 e. The van der Waals surface area contributed by atoms with Crippen LogP contribution in [0.1, 0.15) is 35.0 Å². The number of anilines is 3. The van der Waals surface area contributed by atoms with Gasteiger partial charge >= 0.3 is 5.97 Å². The van der Waals surface area contributed by atoms with Crippen LogP contribution >= 0.6 is 11.3 Å². The maximum atomic E-state index is 14.0. The van der Waals surface area contributed by atoms with Crippen molar-refractivity contribution in [3.05, 3.63) is 64.5 Å². The van der Waals surface area contributed by atoms with E-state index in [4.69, 9.17) is 10.5 Å². The van der Waals surface area contributed by atoms with Gasteiger partial charge < -0.3 is 21.1 Å². The van der Waals surface area contributed by atoms with Gasteiger partial charge in [-0.1, -0.05) is 30.7 Å². The predicted octanol–water partition coefficient (Wildman–Crippen LogP) is 3.19. The van der Waals surface area contributed by atoms with E-state index in [0.717, 1.165) is 36.0 Å². The summed E-state index contributed by atoms with van der Waals surface area (Å²) in [4.78, 5) is 28.6. The molecule has 14 heteroatoms. The molecule has 3 rings (SSSR count). The van der Waals surface area contributed by atoms with Crippen molar-refractivity contribution in [3.8, 4) is 0 Å². The summed E-state index contributed by atoms with van der Waals surface area (Å²) in [6.07, 6.45) is 1.57. The number of carbonyl (C=O) groups is 2. The van der Waals surface area contributed by atoms with Crippen LogP contribution in [0.3, 0.4) is 0 Å². The topological polar surface area (TPSA) is 153 Å². The molecule has 1 heterocycles. The first-order valence-electron chi connectivity index (χ1n) is 11.5. The van der Waals surface area contributed by atoms with Crippen molar-refractivity contribution in [2.24, 2.45) is 0 Å². The van der Waals surface area contributed by atoms with Gasteiger partial charge in [0, 0.05) is 12.2 Å². The molecule has 1 atom stereocenters. The van der Waals surface area contributed by atoms with Gasteiger partial charge in [-0.25, -0.2) is 26.9 Å². The highest BCUT2D eigenvalue weighted by Gasteiger charge is 2.25. The van der Waals surface area contributed by atoms with Crippen LogP contribution in [0.15, 0.2) is 47.4 Å². The third kappa shape index (κ3) is 7.10. The van der Waals surface area contributed by atoms with Gasteiger partial charge in [-0.2, -0.15) is 0 Å². The molecule has 10 nitrogen and oxygen atoms in total. The summed E-state index contributed by atoms with van der Waals surface area (Å²) in [7, 11) is -2.42. The Labute approximate surface area is 222 Å². The van der Waals surface area contributed by atoms with Gasteiger partial charge in [-0.05, 0) is 49.9 Å². The second kappa shape index (κ2) is 12.9. The minimum absolute atomic E-state index is 0.0539. The molecule has 0 aliphatic rings. The lowest BCUT2D eigenvalue weighted by molar-refractivity contribution is -0.145. The molecule has 38 heavy (non-hydrogen) atoms. The molecule has 0 amide bonds. The average molecular weight is 568 g/mol. The number of halogens is 2. The summed E-state index contributed by atoms with van der Waals surface area (Å²) in [5, 5.41) is 5.77. The fourth-order valence-electron chi connectivity index (χ4n) is 3.21. The van der Waals surface area contributed by atoms with Crippen LogP contribution in [0, 0.1) is 11.6 Å². The highest BCUT2D eigenvalue weighted by Crippen LogP contribution is 2.31. The average Bonchev–Trinajstić information content (AvgIpc) is 3.24. The van der Waals surface area contributed by atoms with Gasteiger partial charge in [0.2, 0.25) is 15.8 Å². The van der Waals surface area contributed by atoms with Crippen molar-refractivity contribution < 1.29 is 31.5 Å². The zero-order valence-electron chi connectivity index (χ0n) is 20.6. The van der Waals surface area contributed by atoms with Crippen LogP contribution < -0.4 is 21.1 Å². The quantitative estimate of drug-likeness (QED) is 0.139. The first-order chi connectivity index (χ1) is 18.1. The summed E-state index contributed by atoms with van der Waals surface area (Å²) in [6.45, 7) is 2.01. The Kier molecular flexibility index (Phi) is 9.85. The first-order valence-corrected chi connectivity index (χ1v) is 13.8. The molecule has 1 aromatic heterocycles. The van der Waals surface area contributed by atoms with Crippen molar-refractivity contribution >= 4 is 49.7 Å². The number of nitrogens with zero attached hydrogens (tertiary/aromatic N) is 1. The highest BCUT2D eigenvalue weighted by molar-refractivity contribution is 7.89. The van der Waals surface area contributed by atoms with Crippen molar-refractivity contribution in [2.45, 2.75) is 30.7 Å². The summed E-state index contributed by atoms with van der Waals surface area (Å²) < 4.78 is 60.9. The monoisotopic (exact) mass is 567 g/mol. The van der Waals surface area contributed by atoms with Crippen molar-refractivity contribution in [1.29, 1.82) is 0 Å². The van der Waals surface area contributed by atoms with Crippen LogP contribution in [0.25, 0.3) is 0 Å². The molecule has 0 saturated carbocycles. The Bertz CT molecular complexity index is 1380. The van der Waals surface area contributed by atoms with Crippen molar-refractivity contribution in [2.75, 3.05) is 31.2 Å². The van der Waals surface area contributed by atoms with Crippen LogP contribution in [0.5, 0.6) is 0 Å². The van der Waals surface area contributed by atoms with E-state index in [1.54, 1.807) is 0 Å². The second-order valence-corrected chi connectivity index (χ2v) is 10.8. The largest absolute Gasteiger partial charge is 0.464 e. The number of ether oxygens (including phenoxy) is 1. The fraction of sp³-hybridized carbons (Fsp3) is 0.292. The van der Waals surface area contributed by atoms with E-state index in [9.17, 15) is 26.8 Å². The number of nitrogen functional groups attached to an aromatic ring is 1. The van der Waals surface area contributed by atoms with E-state index >= 15 is 0 Å². The first kappa shape index (κ1) is 29.1. The van der Waals surface area contributed by atoms with Crippen molar-refractivity contribution in [1.82, 2.24) is 15.0 Å². The summed E-state index contributed by atoms with van der Waals surface area (Å²) in [5.41, 5.74) is 5.49. The number of aromatic nitrogens is 1. The Morgan fingerprint density at radius 2 is 1.79 bits per heavy atom. The van der Waals surface area contributed by atoms with Gasteiger partial charge in [-0.3, -0.25) is 9.59 Å². The van der Waals surface area contributed by atoms with Gasteiger partial charge in [-0.15, -0.1) is 0 Å². The number of hydrogen-bond acceptors (Lipinski definition) is 10. The highest BCUT2D eigenvalue weighted by atomic mass is 32.2. The number of sulfonamides is 1. The number of esters is 1. The van der Waals surface area contributed by atoms with E-state index in [1.165, 1.54) is 31.3 Å². The molecule has 0 aliphatic heterocycles. The third-order valence-electron chi connectivity index (χ3n) is 5.32. The fourth-order valence-corrected chi connectivity index (χ4v) is 5.11. The lowest BCUT2D eigenvalue weighted by Gasteiger charge is -2.16. The Balaban J connectivity index is 1.66. The smallest absolute Gasteiger partial charge is 0.324 e. The maximum absolute atomic E-state index is 14.0. The molecule has 0 saturated heterocycles. The number of unbranched alkanes of at least 4 members (excludes halogenated alkanes) is 1. The van der Waals surface area contributed by atoms with Gasteiger partial charge in [0.1, 0.15) is 28.4 Å². The Hall–Kier alpha value is -3.46. The number of nitrogens with two attached hydrogens (primary N) is 1. The summed E-state index contributed by atoms with van der Waals surface area (Å²) in [6, 6.07) is 7.80. The summed E-state index contributed by atoms with van der Waals surface area (Å²) in [5.74, 6) is -3.73. The van der Waals surface area contributed by atoms with E-state index in [2.05, 4.69) is 20.3 Å². The third-order valence-corrected chi connectivity index (χ3v) is 7.74.